The van der Waals surface area contributed by atoms with Crippen LogP contribution in [0, 0.1) is 6.92 Å². The number of rotatable bonds is 1. The maximum Gasteiger partial charge on any atom is 0.158 e. The first-order valence-electron chi connectivity index (χ1n) is 5.48. The predicted octanol–water partition coefficient (Wildman–Crippen LogP) is 1.95. The summed E-state index contributed by atoms with van der Waals surface area (Å²) in [5.74, 6) is 0. The van der Waals surface area contributed by atoms with Gasteiger partial charge in [0.2, 0.25) is 0 Å². The summed E-state index contributed by atoms with van der Waals surface area (Å²) < 4.78 is 1.97. The van der Waals surface area contributed by atoms with Gasteiger partial charge in [0.15, 0.2) is 5.65 Å². The van der Waals surface area contributed by atoms with Gasteiger partial charge in [-0.2, -0.15) is 5.10 Å². The molecule has 16 heavy (non-hydrogen) atoms. The van der Waals surface area contributed by atoms with Gasteiger partial charge in [-0.15, -0.1) is 0 Å². The van der Waals surface area contributed by atoms with Crippen LogP contribution in [0.1, 0.15) is 32.0 Å². The SMILES string of the molecule is Cc1nn(C(C)(C)C)c2ncc(CN)cc12. The fraction of sp³-hybridized carbons (Fsp3) is 0.500. The number of hydrogen-bond donors (Lipinski definition) is 1. The number of nitrogens with zero attached hydrogens (tertiary/aromatic N) is 3. The molecule has 0 radical (unpaired) electrons. The summed E-state index contributed by atoms with van der Waals surface area (Å²) in [6, 6.07) is 2.08. The predicted molar refractivity (Wildman–Crippen MR) is 65.2 cm³/mol. The molecule has 0 aromatic carbocycles. The van der Waals surface area contributed by atoms with E-state index in [2.05, 4.69) is 36.9 Å². The molecule has 0 aliphatic heterocycles. The molecule has 0 spiro atoms. The van der Waals surface area contributed by atoms with Crippen molar-refractivity contribution in [3.05, 3.63) is 23.5 Å². The van der Waals surface area contributed by atoms with Crippen molar-refractivity contribution in [3.63, 3.8) is 0 Å². The van der Waals surface area contributed by atoms with Crippen LogP contribution in [0.2, 0.25) is 0 Å². The third-order valence-corrected chi connectivity index (χ3v) is 2.63. The molecule has 4 heteroatoms. The second-order valence-electron chi connectivity index (χ2n) is 5.09. The molecule has 0 aliphatic rings. The van der Waals surface area contributed by atoms with Gasteiger partial charge in [0.05, 0.1) is 11.2 Å². The van der Waals surface area contributed by atoms with E-state index in [1.807, 2.05) is 17.8 Å². The Labute approximate surface area is 95.5 Å². The van der Waals surface area contributed by atoms with E-state index in [-0.39, 0.29) is 5.54 Å². The number of nitrogens with two attached hydrogens (primary N) is 1. The van der Waals surface area contributed by atoms with E-state index in [0.29, 0.717) is 6.54 Å². The molecule has 2 aromatic heterocycles. The third-order valence-electron chi connectivity index (χ3n) is 2.63. The van der Waals surface area contributed by atoms with Gasteiger partial charge in [-0.05, 0) is 39.3 Å². The van der Waals surface area contributed by atoms with Crippen molar-refractivity contribution in [1.82, 2.24) is 14.8 Å². The lowest BCUT2D eigenvalue weighted by Gasteiger charge is -2.19. The van der Waals surface area contributed by atoms with E-state index in [0.717, 1.165) is 22.3 Å². The highest BCUT2D eigenvalue weighted by molar-refractivity contribution is 5.78. The summed E-state index contributed by atoms with van der Waals surface area (Å²) in [6.45, 7) is 8.89. The van der Waals surface area contributed by atoms with Gasteiger partial charge in [-0.1, -0.05) is 0 Å². The summed E-state index contributed by atoms with van der Waals surface area (Å²) in [4.78, 5) is 4.46. The standard InChI is InChI=1S/C12H18N4/c1-8-10-5-9(6-13)7-14-11(10)16(15-8)12(2,3)4/h5,7H,6,13H2,1-4H3. The Kier molecular flexibility index (Phi) is 2.46. The molecule has 0 unspecified atom stereocenters. The quantitative estimate of drug-likeness (QED) is 0.796. The normalized spacial score (nSPS) is 12.3. The van der Waals surface area contributed by atoms with Crippen molar-refractivity contribution in [2.24, 2.45) is 5.73 Å². The molecule has 86 valence electrons. The van der Waals surface area contributed by atoms with E-state index in [4.69, 9.17) is 5.73 Å². The monoisotopic (exact) mass is 218 g/mol. The summed E-state index contributed by atoms with van der Waals surface area (Å²) >= 11 is 0. The molecule has 0 saturated heterocycles. The van der Waals surface area contributed by atoms with E-state index >= 15 is 0 Å². The second kappa shape index (κ2) is 3.56. The maximum atomic E-state index is 5.62. The first kappa shape index (κ1) is 11.1. The van der Waals surface area contributed by atoms with Gasteiger partial charge in [0.1, 0.15) is 0 Å². The van der Waals surface area contributed by atoms with Crippen molar-refractivity contribution in [2.75, 3.05) is 0 Å². The largest absolute Gasteiger partial charge is 0.326 e. The molecule has 0 bridgehead atoms. The van der Waals surface area contributed by atoms with Gasteiger partial charge >= 0.3 is 0 Å². The van der Waals surface area contributed by atoms with Crippen LogP contribution in [0.15, 0.2) is 12.3 Å². The van der Waals surface area contributed by atoms with Crippen molar-refractivity contribution in [2.45, 2.75) is 39.8 Å². The molecule has 0 saturated carbocycles. The lowest BCUT2D eigenvalue weighted by atomic mass is 10.1. The molecule has 0 fully saturated rings. The van der Waals surface area contributed by atoms with Crippen LogP contribution in [0.4, 0.5) is 0 Å². The van der Waals surface area contributed by atoms with E-state index < -0.39 is 0 Å². The summed E-state index contributed by atoms with van der Waals surface area (Å²) in [5.41, 5.74) is 8.55. The number of fused-ring (bicyclic) bond motifs is 1. The van der Waals surface area contributed by atoms with Crippen LogP contribution in [-0.4, -0.2) is 14.8 Å². The average Bonchev–Trinajstić information content (AvgIpc) is 2.55. The van der Waals surface area contributed by atoms with Crippen molar-refractivity contribution in [3.8, 4) is 0 Å². The van der Waals surface area contributed by atoms with Crippen molar-refractivity contribution >= 4 is 11.0 Å². The van der Waals surface area contributed by atoms with Crippen LogP contribution in [0.3, 0.4) is 0 Å². The zero-order chi connectivity index (χ0) is 11.9. The van der Waals surface area contributed by atoms with Gasteiger partial charge in [0, 0.05) is 18.1 Å². The fourth-order valence-electron chi connectivity index (χ4n) is 1.77. The molecule has 2 N–H and O–H groups in total. The van der Waals surface area contributed by atoms with Crippen LogP contribution >= 0.6 is 0 Å². The number of aromatic nitrogens is 3. The zero-order valence-corrected chi connectivity index (χ0v) is 10.3. The van der Waals surface area contributed by atoms with Crippen LogP contribution in [0.5, 0.6) is 0 Å². The van der Waals surface area contributed by atoms with Gasteiger partial charge in [-0.3, -0.25) is 0 Å². The molecule has 0 atom stereocenters. The molecule has 2 heterocycles. The second-order valence-corrected chi connectivity index (χ2v) is 5.09. The first-order valence-corrected chi connectivity index (χ1v) is 5.48. The van der Waals surface area contributed by atoms with Crippen LogP contribution in [-0.2, 0) is 12.1 Å². The molecular formula is C12H18N4. The number of aryl methyl sites for hydroxylation is 1. The summed E-state index contributed by atoms with van der Waals surface area (Å²) in [7, 11) is 0. The van der Waals surface area contributed by atoms with E-state index in [1.54, 1.807) is 0 Å². The Balaban J connectivity index is 2.72. The van der Waals surface area contributed by atoms with Crippen LogP contribution in [0.25, 0.3) is 11.0 Å². The van der Waals surface area contributed by atoms with Gasteiger partial charge in [-0.25, -0.2) is 9.67 Å². The third kappa shape index (κ3) is 1.69. The van der Waals surface area contributed by atoms with E-state index in [9.17, 15) is 0 Å². The zero-order valence-electron chi connectivity index (χ0n) is 10.3. The van der Waals surface area contributed by atoms with Crippen molar-refractivity contribution < 1.29 is 0 Å². The van der Waals surface area contributed by atoms with Gasteiger partial charge in [0.25, 0.3) is 0 Å². The minimum atomic E-state index is -0.0518. The molecule has 0 aliphatic carbocycles. The molecule has 2 aromatic rings. The smallest absolute Gasteiger partial charge is 0.158 e. The molecule has 2 rings (SSSR count). The lowest BCUT2D eigenvalue weighted by molar-refractivity contribution is 0.364. The van der Waals surface area contributed by atoms with Crippen LogP contribution < -0.4 is 5.73 Å². The maximum absolute atomic E-state index is 5.62. The summed E-state index contributed by atoms with van der Waals surface area (Å²) in [5, 5.41) is 5.65. The fourth-order valence-corrected chi connectivity index (χ4v) is 1.77. The lowest BCUT2D eigenvalue weighted by Crippen LogP contribution is -2.23. The van der Waals surface area contributed by atoms with Gasteiger partial charge < -0.3 is 5.73 Å². The Morgan fingerprint density at radius 3 is 2.62 bits per heavy atom. The number of pyridine rings is 1. The molecule has 0 amide bonds. The Bertz CT molecular complexity index is 520. The molecular weight excluding hydrogens is 200 g/mol. The minimum absolute atomic E-state index is 0.0518. The Morgan fingerprint density at radius 1 is 1.38 bits per heavy atom. The topological polar surface area (TPSA) is 56.7 Å². The Hall–Kier alpha value is -1.42. The van der Waals surface area contributed by atoms with E-state index in [1.165, 1.54) is 0 Å². The molecule has 4 nitrogen and oxygen atoms in total. The first-order chi connectivity index (χ1) is 7.43. The average molecular weight is 218 g/mol. The minimum Gasteiger partial charge on any atom is -0.326 e. The van der Waals surface area contributed by atoms with Crippen molar-refractivity contribution in [1.29, 1.82) is 0 Å². The summed E-state index contributed by atoms with van der Waals surface area (Å²) in [6.07, 6.45) is 1.83. The highest BCUT2D eigenvalue weighted by Crippen LogP contribution is 2.23. The Morgan fingerprint density at radius 2 is 2.06 bits per heavy atom. The highest BCUT2D eigenvalue weighted by atomic mass is 15.3. The number of hydrogen-bond acceptors (Lipinski definition) is 3. The highest BCUT2D eigenvalue weighted by Gasteiger charge is 2.19.